The third-order valence-electron chi connectivity index (χ3n) is 2.76. The summed E-state index contributed by atoms with van der Waals surface area (Å²) in [7, 11) is 0. The van der Waals surface area contributed by atoms with Gasteiger partial charge >= 0.3 is 5.97 Å². The molecule has 0 saturated heterocycles. The average Bonchev–Trinajstić information content (AvgIpc) is 2.43. The summed E-state index contributed by atoms with van der Waals surface area (Å²) in [6.45, 7) is 0. The van der Waals surface area contributed by atoms with Gasteiger partial charge in [-0.15, -0.1) is 0 Å². The predicted octanol–water partition coefficient (Wildman–Crippen LogP) is 2.58. The highest BCUT2D eigenvalue weighted by molar-refractivity contribution is 6.32. The highest BCUT2D eigenvalue weighted by Gasteiger charge is 2.12. The van der Waals surface area contributed by atoms with Gasteiger partial charge in [0, 0.05) is 5.56 Å². The van der Waals surface area contributed by atoms with Gasteiger partial charge < -0.3 is 21.3 Å². The van der Waals surface area contributed by atoms with Crippen molar-refractivity contribution in [3.05, 3.63) is 52.5 Å². The number of benzene rings is 2. The van der Waals surface area contributed by atoms with Crippen LogP contribution in [0.5, 0.6) is 5.75 Å². The second-order valence-corrected chi connectivity index (χ2v) is 4.63. The first-order chi connectivity index (χ1) is 9.88. The molecule has 1 amide bonds. The van der Waals surface area contributed by atoms with E-state index in [1.165, 1.54) is 36.4 Å². The van der Waals surface area contributed by atoms with Crippen molar-refractivity contribution >= 4 is 34.9 Å². The molecule has 0 bridgehead atoms. The lowest BCUT2D eigenvalue weighted by Gasteiger charge is -2.09. The number of aromatic hydroxyl groups is 1. The number of carboxylic acid groups (broad SMARTS) is 1. The lowest BCUT2D eigenvalue weighted by atomic mass is 10.1. The Labute approximate surface area is 124 Å². The van der Waals surface area contributed by atoms with Crippen LogP contribution in [0.25, 0.3) is 0 Å². The molecule has 0 aliphatic carbocycles. The summed E-state index contributed by atoms with van der Waals surface area (Å²) in [6, 6.07) is 8.00. The number of nitrogens with one attached hydrogen (secondary N) is 1. The van der Waals surface area contributed by atoms with Gasteiger partial charge in [0.1, 0.15) is 5.75 Å². The minimum Gasteiger partial charge on any atom is -0.506 e. The fourth-order valence-corrected chi connectivity index (χ4v) is 1.83. The van der Waals surface area contributed by atoms with Crippen molar-refractivity contribution in [1.82, 2.24) is 0 Å². The number of hydrogen-bond donors (Lipinski definition) is 4. The lowest BCUT2D eigenvalue weighted by molar-refractivity contribution is 0.0697. The molecular weight excluding hydrogens is 296 g/mol. The Balaban J connectivity index is 2.23. The van der Waals surface area contributed by atoms with Crippen LogP contribution >= 0.6 is 11.6 Å². The SMILES string of the molecule is Nc1cc(C(=O)O)ccc1NC(=O)c1ccc(O)c(Cl)c1. The number of amides is 1. The summed E-state index contributed by atoms with van der Waals surface area (Å²) in [5, 5.41) is 20.7. The van der Waals surface area contributed by atoms with Crippen LogP contribution in [-0.4, -0.2) is 22.1 Å². The fraction of sp³-hybridized carbons (Fsp3) is 0. The molecule has 0 unspecified atom stereocenters. The van der Waals surface area contributed by atoms with Crippen molar-refractivity contribution in [2.45, 2.75) is 0 Å². The number of nitrogens with two attached hydrogens (primary N) is 1. The minimum absolute atomic E-state index is 0.0261. The molecule has 0 aliphatic heterocycles. The van der Waals surface area contributed by atoms with Gasteiger partial charge in [-0.1, -0.05) is 11.6 Å². The van der Waals surface area contributed by atoms with Crippen molar-refractivity contribution in [3.63, 3.8) is 0 Å². The van der Waals surface area contributed by atoms with Gasteiger partial charge in [-0.25, -0.2) is 4.79 Å². The zero-order valence-electron chi connectivity index (χ0n) is 10.6. The number of nitrogen functional groups attached to an aromatic ring is 1. The first-order valence-corrected chi connectivity index (χ1v) is 6.19. The van der Waals surface area contributed by atoms with E-state index >= 15 is 0 Å². The van der Waals surface area contributed by atoms with Gasteiger partial charge in [-0.3, -0.25) is 4.79 Å². The minimum atomic E-state index is -1.11. The van der Waals surface area contributed by atoms with E-state index in [-0.39, 0.29) is 33.3 Å². The summed E-state index contributed by atoms with van der Waals surface area (Å²) in [5.74, 6) is -1.71. The molecule has 0 heterocycles. The van der Waals surface area contributed by atoms with Crippen LogP contribution in [0, 0.1) is 0 Å². The topological polar surface area (TPSA) is 113 Å². The number of anilines is 2. The zero-order chi connectivity index (χ0) is 15.6. The molecule has 0 atom stereocenters. The number of carbonyl (C=O) groups is 2. The molecule has 0 aromatic heterocycles. The summed E-state index contributed by atoms with van der Waals surface area (Å²) in [6.07, 6.45) is 0. The number of carboxylic acids is 1. The van der Waals surface area contributed by atoms with Crippen LogP contribution in [0.15, 0.2) is 36.4 Å². The van der Waals surface area contributed by atoms with E-state index in [1.54, 1.807) is 0 Å². The van der Waals surface area contributed by atoms with Crippen LogP contribution in [0.1, 0.15) is 20.7 Å². The van der Waals surface area contributed by atoms with Crippen molar-refractivity contribution in [2.75, 3.05) is 11.1 Å². The quantitative estimate of drug-likeness (QED) is 0.651. The van der Waals surface area contributed by atoms with Crippen molar-refractivity contribution in [2.24, 2.45) is 0 Å². The van der Waals surface area contributed by atoms with Gasteiger partial charge in [0.25, 0.3) is 5.91 Å². The van der Waals surface area contributed by atoms with Crippen molar-refractivity contribution < 1.29 is 19.8 Å². The Morgan fingerprint density at radius 1 is 1.10 bits per heavy atom. The molecule has 6 nitrogen and oxygen atoms in total. The van der Waals surface area contributed by atoms with Crippen LogP contribution in [0.4, 0.5) is 11.4 Å². The van der Waals surface area contributed by atoms with Crippen LogP contribution in [0.3, 0.4) is 0 Å². The van der Waals surface area contributed by atoms with Crippen LogP contribution in [0.2, 0.25) is 5.02 Å². The molecule has 0 radical (unpaired) electrons. The monoisotopic (exact) mass is 306 g/mol. The lowest BCUT2D eigenvalue weighted by Crippen LogP contribution is -2.13. The van der Waals surface area contributed by atoms with Gasteiger partial charge in [0.2, 0.25) is 0 Å². The molecule has 2 rings (SSSR count). The smallest absolute Gasteiger partial charge is 0.335 e. The van der Waals surface area contributed by atoms with E-state index < -0.39 is 11.9 Å². The molecule has 0 fully saturated rings. The van der Waals surface area contributed by atoms with Crippen molar-refractivity contribution in [1.29, 1.82) is 0 Å². The average molecular weight is 307 g/mol. The van der Waals surface area contributed by atoms with Crippen LogP contribution < -0.4 is 11.1 Å². The summed E-state index contributed by atoms with van der Waals surface area (Å²) < 4.78 is 0. The maximum atomic E-state index is 12.0. The highest BCUT2D eigenvalue weighted by atomic mass is 35.5. The van der Waals surface area contributed by atoms with Gasteiger partial charge in [0.15, 0.2) is 0 Å². The van der Waals surface area contributed by atoms with Gasteiger partial charge in [-0.05, 0) is 36.4 Å². The van der Waals surface area contributed by atoms with Crippen molar-refractivity contribution in [3.8, 4) is 5.75 Å². The van der Waals surface area contributed by atoms with E-state index in [4.69, 9.17) is 22.4 Å². The fourth-order valence-electron chi connectivity index (χ4n) is 1.65. The number of halogens is 1. The number of carbonyl (C=O) groups excluding carboxylic acids is 1. The van der Waals surface area contributed by atoms with Gasteiger partial charge in [0.05, 0.1) is 22.0 Å². The van der Waals surface area contributed by atoms with Crippen LogP contribution in [-0.2, 0) is 0 Å². The molecule has 2 aromatic rings. The Hall–Kier alpha value is -2.73. The Morgan fingerprint density at radius 3 is 2.33 bits per heavy atom. The number of phenolic OH excluding ortho intramolecular Hbond substituents is 1. The summed E-state index contributed by atoms with van der Waals surface area (Å²) in [5.41, 5.74) is 6.38. The van der Waals surface area contributed by atoms with E-state index in [2.05, 4.69) is 5.32 Å². The number of hydrogen-bond acceptors (Lipinski definition) is 4. The first-order valence-electron chi connectivity index (χ1n) is 5.81. The maximum absolute atomic E-state index is 12.0. The molecule has 2 aromatic carbocycles. The molecule has 0 saturated carbocycles. The van der Waals surface area contributed by atoms with E-state index in [0.29, 0.717) is 0 Å². The maximum Gasteiger partial charge on any atom is 0.335 e. The Morgan fingerprint density at radius 2 is 1.76 bits per heavy atom. The molecular formula is C14H11ClN2O4. The number of aromatic carboxylic acids is 1. The molecule has 0 spiro atoms. The summed E-state index contributed by atoms with van der Waals surface area (Å²) >= 11 is 5.73. The largest absolute Gasteiger partial charge is 0.506 e. The molecule has 5 N–H and O–H groups in total. The molecule has 0 aliphatic rings. The van der Waals surface area contributed by atoms with E-state index in [1.807, 2.05) is 0 Å². The number of phenols is 1. The third-order valence-corrected chi connectivity index (χ3v) is 3.06. The third kappa shape index (κ3) is 3.24. The van der Waals surface area contributed by atoms with Gasteiger partial charge in [-0.2, -0.15) is 0 Å². The summed E-state index contributed by atoms with van der Waals surface area (Å²) in [4.78, 5) is 22.8. The Kier molecular flexibility index (Phi) is 4.00. The normalized spacial score (nSPS) is 10.1. The molecule has 7 heteroatoms. The highest BCUT2D eigenvalue weighted by Crippen LogP contribution is 2.25. The second kappa shape index (κ2) is 5.72. The predicted molar refractivity (Wildman–Crippen MR) is 78.9 cm³/mol. The Bertz CT molecular complexity index is 731. The van der Waals surface area contributed by atoms with E-state index in [0.717, 1.165) is 0 Å². The molecule has 108 valence electrons. The first kappa shape index (κ1) is 14.7. The van der Waals surface area contributed by atoms with E-state index in [9.17, 15) is 14.7 Å². The standard InChI is InChI=1S/C14H11ClN2O4/c15-9-5-7(2-4-12(9)18)13(19)17-11-3-1-8(14(20)21)6-10(11)16/h1-6,18H,16H2,(H,17,19)(H,20,21). The number of rotatable bonds is 3. The second-order valence-electron chi connectivity index (χ2n) is 4.23. The molecule has 21 heavy (non-hydrogen) atoms. The zero-order valence-corrected chi connectivity index (χ0v) is 11.4.